The highest BCUT2D eigenvalue weighted by molar-refractivity contribution is 5.75. The molecule has 0 spiro atoms. The highest BCUT2D eigenvalue weighted by Crippen LogP contribution is 2.42. The van der Waals surface area contributed by atoms with E-state index in [1.807, 2.05) is 4.90 Å². The Morgan fingerprint density at radius 2 is 1.91 bits per heavy atom. The zero-order chi connectivity index (χ0) is 25.2. The van der Waals surface area contributed by atoms with Crippen LogP contribution in [-0.4, -0.2) is 58.6 Å². The average Bonchev–Trinajstić information content (AvgIpc) is 3.27. The number of nitrogens with two attached hydrogens (primary N) is 1. The molecule has 1 atom stereocenters. The van der Waals surface area contributed by atoms with Gasteiger partial charge in [0.15, 0.2) is 11.6 Å². The van der Waals surface area contributed by atoms with E-state index in [-0.39, 0.29) is 30.0 Å². The van der Waals surface area contributed by atoms with Crippen molar-refractivity contribution in [3.05, 3.63) is 41.5 Å². The minimum absolute atomic E-state index is 0.0422. The Morgan fingerprint density at radius 3 is 2.57 bits per heavy atom. The molecule has 2 fully saturated rings. The highest BCUT2D eigenvalue weighted by Gasteiger charge is 2.35. The first-order valence-corrected chi connectivity index (χ1v) is 11.5. The number of primary amides is 1. The standard InChI is InChI=1S/C23H28F4N6O2/c24-20-21(29-11-14-5-8-32(9-6-14)12-19(28)35)30-13-31-22(20)33-7-1-2-17(33)16-4-3-15(10-18(16)34)23(25,26)27/h3-4,10,13-14,17,34H,1-2,5-9,11-12H2,(H2,28,35)(H,29,30,31). The Kier molecular flexibility index (Phi) is 7.29. The van der Waals surface area contributed by atoms with Gasteiger partial charge >= 0.3 is 6.18 Å². The molecule has 1 aromatic heterocycles. The van der Waals surface area contributed by atoms with Crippen molar-refractivity contribution in [3.8, 4) is 5.75 Å². The number of anilines is 2. The number of amides is 1. The number of carbonyl (C=O) groups is 1. The van der Waals surface area contributed by atoms with E-state index in [0.717, 1.165) is 32.0 Å². The predicted octanol–water partition coefficient (Wildman–Crippen LogP) is 3.29. The van der Waals surface area contributed by atoms with Crippen LogP contribution in [0.15, 0.2) is 24.5 Å². The van der Waals surface area contributed by atoms with Crippen molar-refractivity contribution in [2.45, 2.75) is 37.9 Å². The van der Waals surface area contributed by atoms with Crippen molar-refractivity contribution in [1.82, 2.24) is 14.9 Å². The number of carbonyl (C=O) groups excluding carboxylic acids is 1. The number of hydrogen-bond donors (Lipinski definition) is 3. The average molecular weight is 497 g/mol. The number of aromatic nitrogens is 2. The summed E-state index contributed by atoms with van der Waals surface area (Å²) in [6.45, 7) is 2.64. The van der Waals surface area contributed by atoms with E-state index >= 15 is 4.39 Å². The number of halogens is 4. The number of benzene rings is 1. The molecule has 3 heterocycles. The van der Waals surface area contributed by atoms with Crippen molar-refractivity contribution >= 4 is 17.5 Å². The van der Waals surface area contributed by atoms with Crippen molar-refractivity contribution in [3.63, 3.8) is 0 Å². The molecule has 12 heteroatoms. The van der Waals surface area contributed by atoms with Crippen LogP contribution in [0.3, 0.4) is 0 Å². The van der Waals surface area contributed by atoms with Crippen molar-refractivity contribution in [2.75, 3.05) is 42.9 Å². The van der Waals surface area contributed by atoms with Gasteiger partial charge in [-0.15, -0.1) is 0 Å². The molecule has 0 bridgehead atoms. The number of piperidine rings is 1. The van der Waals surface area contributed by atoms with Gasteiger partial charge in [-0.3, -0.25) is 9.69 Å². The molecule has 0 aliphatic carbocycles. The molecule has 0 radical (unpaired) electrons. The molecule has 4 rings (SSSR count). The van der Waals surface area contributed by atoms with Crippen LogP contribution in [0, 0.1) is 11.7 Å². The summed E-state index contributed by atoms with van der Waals surface area (Å²) in [7, 11) is 0. The molecule has 1 aromatic carbocycles. The number of rotatable bonds is 7. The first-order chi connectivity index (χ1) is 16.6. The largest absolute Gasteiger partial charge is 0.508 e. The molecule has 8 nitrogen and oxygen atoms in total. The summed E-state index contributed by atoms with van der Waals surface area (Å²) in [5.74, 6) is -1.11. The topological polar surface area (TPSA) is 108 Å². The second-order valence-corrected chi connectivity index (χ2v) is 9.05. The third kappa shape index (κ3) is 5.75. The van der Waals surface area contributed by atoms with Crippen molar-refractivity contribution in [2.24, 2.45) is 11.7 Å². The van der Waals surface area contributed by atoms with E-state index in [0.29, 0.717) is 37.6 Å². The zero-order valence-corrected chi connectivity index (χ0v) is 19.1. The number of hydrogen-bond acceptors (Lipinski definition) is 7. The van der Waals surface area contributed by atoms with Gasteiger partial charge in [-0.05, 0) is 56.8 Å². The fraction of sp³-hybridized carbons (Fsp3) is 0.522. The monoisotopic (exact) mass is 496 g/mol. The summed E-state index contributed by atoms with van der Waals surface area (Å²) in [4.78, 5) is 22.9. The van der Waals surface area contributed by atoms with E-state index in [2.05, 4.69) is 15.3 Å². The van der Waals surface area contributed by atoms with Gasteiger partial charge in [0.05, 0.1) is 18.2 Å². The highest BCUT2D eigenvalue weighted by atomic mass is 19.4. The van der Waals surface area contributed by atoms with Crippen LogP contribution in [0.25, 0.3) is 0 Å². The number of phenolic OH excluding ortho intramolecular Hbond substituents is 1. The molecule has 1 unspecified atom stereocenters. The van der Waals surface area contributed by atoms with Gasteiger partial charge < -0.3 is 21.1 Å². The number of phenols is 1. The second-order valence-electron chi connectivity index (χ2n) is 9.05. The lowest BCUT2D eigenvalue weighted by Gasteiger charge is -2.31. The molecule has 35 heavy (non-hydrogen) atoms. The Morgan fingerprint density at radius 1 is 1.17 bits per heavy atom. The Hall–Kier alpha value is -3.15. The van der Waals surface area contributed by atoms with E-state index < -0.39 is 29.3 Å². The lowest BCUT2D eigenvalue weighted by molar-refractivity contribution is -0.137. The van der Waals surface area contributed by atoms with E-state index in [1.165, 1.54) is 12.4 Å². The van der Waals surface area contributed by atoms with Gasteiger partial charge in [-0.1, -0.05) is 6.07 Å². The molecule has 2 saturated heterocycles. The maximum absolute atomic E-state index is 15.4. The lowest BCUT2D eigenvalue weighted by atomic mass is 9.97. The van der Waals surface area contributed by atoms with Gasteiger partial charge in [0, 0.05) is 18.7 Å². The van der Waals surface area contributed by atoms with Crippen LogP contribution in [-0.2, 0) is 11.0 Å². The minimum Gasteiger partial charge on any atom is -0.508 e. The van der Waals surface area contributed by atoms with Gasteiger partial charge in [-0.2, -0.15) is 17.6 Å². The fourth-order valence-corrected chi connectivity index (χ4v) is 4.84. The zero-order valence-electron chi connectivity index (χ0n) is 19.1. The smallest absolute Gasteiger partial charge is 0.416 e. The van der Waals surface area contributed by atoms with Gasteiger partial charge in [-0.25, -0.2) is 9.97 Å². The SMILES string of the molecule is NC(=O)CN1CCC(CNc2ncnc(N3CCCC3c3ccc(C(F)(F)F)cc3O)c2F)CC1. The van der Waals surface area contributed by atoms with Gasteiger partial charge in [0.2, 0.25) is 11.7 Å². The summed E-state index contributed by atoms with van der Waals surface area (Å²) in [6, 6.07) is 2.35. The molecule has 2 aliphatic heterocycles. The summed E-state index contributed by atoms with van der Waals surface area (Å²) in [5.41, 5.74) is 4.60. The first-order valence-electron chi connectivity index (χ1n) is 11.5. The lowest BCUT2D eigenvalue weighted by Crippen LogP contribution is -2.40. The minimum atomic E-state index is -4.57. The number of likely N-dealkylation sites (tertiary alicyclic amines) is 1. The maximum atomic E-state index is 15.4. The van der Waals surface area contributed by atoms with Crippen LogP contribution in [0.5, 0.6) is 5.75 Å². The Bertz CT molecular complexity index is 1060. The van der Waals surface area contributed by atoms with Crippen molar-refractivity contribution in [1.29, 1.82) is 0 Å². The van der Waals surface area contributed by atoms with Crippen LogP contribution in [0.2, 0.25) is 0 Å². The first kappa shape index (κ1) is 25.0. The van der Waals surface area contributed by atoms with E-state index in [4.69, 9.17) is 5.73 Å². The van der Waals surface area contributed by atoms with Crippen LogP contribution < -0.4 is 16.0 Å². The quantitative estimate of drug-likeness (QED) is 0.505. The summed E-state index contributed by atoms with van der Waals surface area (Å²) >= 11 is 0. The fourth-order valence-electron chi connectivity index (χ4n) is 4.84. The summed E-state index contributed by atoms with van der Waals surface area (Å²) in [6.07, 6.45) is -0.444. The molecular formula is C23H28F4N6O2. The summed E-state index contributed by atoms with van der Waals surface area (Å²) < 4.78 is 54.3. The molecule has 4 N–H and O–H groups in total. The third-order valence-corrected chi connectivity index (χ3v) is 6.66. The number of alkyl halides is 3. The molecule has 190 valence electrons. The normalized spacial score (nSPS) is 19.8. The van der Waals surface area contributed by atoms with Crippen molar-refractivity contribution < 1.29 is 27.5 Å². The van der Waals surface area contributed by atoms with Crippen LogP contribution in [0.1, 0.15) is 42.9 Å². The van der Waals surface area contributed by atoms with Gasteiger partial charge in [0.1, 0.15) is 12.1 Å². The Labute approximate surface area is 200 Å². The summed E-state index contributed by atoms with van der Waals surface area (Å²) in [5, 5.41) is 13.4. The number of aromatic hydroxyl groups is 1. The van der Waals surface area contributed by atoms with Crippen LogP contribution >= 0.6 is 0 Å². The Balaban J connectivity index is 1.45. The molecule has 0 saturated carbocycles. The second kappa shape index (κ2) is 10.2. The maximum Gasteiger partial charge on any atom is 0.416 e. The van der Waals surface area contributed by atoms with Gasteiger partial charge in [0.25, 0.3) is 0 Å². The predicted molar refractivity (Wildman–Crippen MR) is 121 cm³/mol. The molecule has 2 aromatic rings. The molecule has 1 amide bonds. The van der Waals surface area contributed by atoms with Crippen LogP contribution in [0.4, 0.5) is 29.2 Å². The third-order valence-electron chi connectivity index (χ3n) is 6.66. The number of nitrogens with one attached hydrogen (secondary N) is 1. The number of nitrogens with zero attached hydrogens (tertiary/aromatic N) is 4. The molecule has 2 aliphatic rings. The molecular weight excluding hydrogens is 468 g/mol. The van der Waals surface area contributed by atoms with E-state index in [9.17, 15) is 23.1 Å². The van der Waals surface area contributed by atoms with E-state index in [1.54, 1.807) is 4.90 Å².